The number of carbonyl (C=O) groups is 2. The number of benzene rings is 4. The molecule has 0 atom stereocenters. The minimum Gasteiger partial charge on any atom is -0.495 e. The quantitative estimate of drug-likeness (QED) is 0.0594. The standard InChI is InChI=1S/C20H14FN3O3S.C18H12F4N2O6S/c1-26-18-13(11-4-3-5-12(21)8-11)9-14-17(16(18)20(25)27-2)23-10-15(24-14)19-22-6-7-28-19;1-28-16-11(9-4-3-5-10(19)6-9)7-12-15(14(16)17(25)29-2)23-8-13(24-12)30-31(26,27)18(20,21)22/h3-10H,1-2H3;3-8H,1-2H3. The van der Waals surface area contributed by atoms with Crippen molar-refractivity contribution in [3.8, 4) is 50.3 Å². The molecule has 304 valence electrons. The van der Waals surface area contributed by atoms with Gasteiger partial charge in [0, 0.05) is 22.7 Å². The molecule has 0 amide bonds. The average molecular weight is 856 g/mol. The number of ether oxygens (including phenoxy) is 4. The number of alkyl halides is 3. The second kappa shape index (κ2) is 16.9. The van der Waals surface area contributed by atoms with Crippen LogP contribution < -0.4 is 13.7 Å². The summed E-state index contributed by atoms with van der Waals surface area (Å²) in [7, 11) is -0.978. The topological polar surface area (TPSA) is 179 Å². The van der Waals surface area contributed by atoms with Gasteiger partial charge in [-0.1, -0.05) is 24.3 Å². The van der Waals surface area contributed by atoms with Gasteiger partial charge in [-0.05, 0) is 47.5 Å². The third-order valence-electron chi connectivity index (χ3n) is 8.14. The number of hydrogen-bond donors (Lipinski definition) is 0. The maximum absolute atomic E-state index is 13.8. The number of nitrogens with zero attached hydrogens (tertiary/aromatic N) is 5. The van der Waals surface area contributed by atoms with Crippen LogP contribution in [0, 0.1) is 11.6 Å². The number of aromatic nitrogens is 5. The third-order valence-corrected chi connectivity index (χ3v) is 9.90. The molecule has 7 rings (SSSR count). The van der Waals surface area contributed by atoms with Crippen LogP contribution >= 0.6 is 11.3 Å². The van der Waals surface area contributed by atoms with Crippen molar-refractivity contribution < 1.29 is 63.1 Å². The lowest BCUT2D eigenvalue weighted by molar-refractivity contribution is -0.0501. The van der Waals surface area contributed by atoms with Crippen molar-refractivity contribution in [2.45, 2.75) is 5.51 Å². The van der Waals surface area contributed by atoms with E-state index in [4.69, 9.17) is 18.9 Å². The van der Waals surface area contributed by atoms with Gasteiger partial charge < -0.3 is 23.1 Å². The van der Waals surface area contributed by atoms with Gasteiger partial charge in [-0.2, -0.15) is 21.6 Å². The van der Waals surface area contributed by atoms with Crippen molar-refractivity contribution in [1.29, 1.82) is 0 Å². The molecule has 0 aliphatic carbocycles. The molecule has 4 aromatic carbocycles. The van der Waals surface area contributed by atoms with E-state index in [1.165, 1.54) is 69.1 Å². The first-order chi connectivity index (χ1) is 28.1. The molecule has 0 aliphatic rings. The Kier molecular flexibility index (Phi) is 12.0. The minimum absolute atomic E-state index is 0.0594. The molecule has 0 unspecified atom stereocenters. The highest BCUT2D eigenvalue weighted by Crippen LogP contribution is 2.40. The van der Waals surface area contributed by atoms with E-state index >= 15 is 0 Å². The Labute approximate surface area is 334 Å². The molecule has 3 heterocycles. The van der Waals surface area contributed by atoms with Crippen LogP contribution in [0.1, 0.15) is 20.7 Å². The van der Waals surface area contributed by atoms with Gasteiger partial charge in [0.15, 0.2) is 0 Å². The summed E-state index contributed by atoms with van der Waals surface area (Å²) in [5.41, 5.74) is -3.40. The fourth-order valence-corrected chi connectivity index (χ4v) is 6.66. The van der Waals surface area contributed by atoms with Gasteiger partial charge in [-0.3, -0.25) is 4.98 Å². The molecule has 0 saturated heterocycles. The second-order valence-corrected chi connectivity index (χ2v) is 14.1. The van der Waals surface area contributed by atoms with Gasteiger partial charge in [0.1, 0.15) is 56.0 Å². The van der Waals surface area contributed by atoms with Crippen molar-refractivity contribution in [3.05, 3.63) is 107 Å². The Morgan fingerprint density at radius 3 is 1.64 bits per heavy atom. The number of rotatable bonds is 9. The lowest BCUT2D eigenvalue weighted by Crippen LogP contribution is -2.28. The van der Waals surface area contributed by atoms with Crippen LogP contribution in [0.5, 0.6) is 17.4 Å². The number of thiazole rings is 1. The first kappa shape index (κ1) is 41.8. The van der Waals surface area contributed by atoms with Crippen LogP contribution in [-0.2, 0) is 19.6 Å². The molecule has 59 heavy (non-hydrogen) atoms. The molecule has 0 N–H and O–H groups in total. The van der Waals surface area contributed by atoms with Crippen LogP contribution in [0.15, 0.2) is 84.6 Å². The highest BCUT2D eigenvalue weighted by atomic mass is 32.2. The number of halogens is 5. The van der Waals surface area contributed by atoms with Gasteiger partial charge in [0.05, 0.1) is 51.9 Å². The fraction of sp³-hybridized carbons (Fsp3) is 0.132. The Balaban J connectivity index is 0.000000199. The van der Waals surface area contributed by atoms with Crippen LogP contribution in [0.4, 0.5) is 22.0 Å². The fourth-order valence-electron chi connectivity index (χ4n) is 5.67. The zero-order valence-corrected chi connectivity index (χ0v) is 32.3. The first-order valence-corrected chi connectivity index (χ1v) is 18.7. The van der Waals surface area contributed by atoms with E-state index in [1.807, 2.05) is 5.38 Å². The molecule has 0 radical (unpaired) electrons. The van der Waals surface area contributed by atoms with Gasteiger partial charge >= 0.3 is 27.6 Å². The molecule has 0 fully saturated rings. The highest BCUT2D eigenvalue weighted by Gasteiger charge is 2.49. The van der Waals surface area contributed by atoms with Crippen molar-refractivity contribution in [2.75, 3.05) is 28.4 Å². The smallest absolute Gasteiger partial charge is 0.495 e. The van der Waals surface area contributed by atoms with Crippen LogP contribution in [0.25, 0.3) is 55.0 Å². The average Bonchev–Trinajstić information content (AvgIpc) is 3.76. The molecule has 0 bridgehead atoms. The summed E-state index contributed by atoms with van der Waals surface area (Å²) in [6.45, 7) is 0. The predicted octanol–water partition coefficient (Wildman–Crippen LogP) is 7.81. The summed E-state index contributed by atoms with van der Waals surface area (Å²) in [6.07, 6.45) is 3.83. The molecular formula is C38H26F5N5O9S2. The molecule has 7 aromatic rings. The zero-order chi connectivity index (χ0) is 42.6. The Morgan fingerprint density at radius 1 is 0.695 bits per heavy atom. The van der Waals surface area contributed by atoms with E-state index < -0.39 is 45.1 Å². The lowest BCUT2D eigenvalue weighted by atomic mass is 9.99. The van der Waals surface area contributed by atoms with Crippen molar-refractivity contribution >= 4 is 55.5 Å². The van der Waals surface area contributed by atoms with Crippen molar-refractivity contribution in [1.82, 2.24) is 24.9 Å². The molecule has 14 nitrogen and oxygen atoms in total. The molecule has 21 heteroatoms. The third kappa shape index (κ3) is 8.55. The summed E-state index contributed by atoms with van der Waals surface area (Å²) in [5, 5.41) is 2.55. The van der Waals surface area contributed by atoms with Gasteiger partial charge in [0.2, 0.25) is 0 Å². The lowest BCUT2D eigenvalue weighted by Gasteiger charge is -2.15. The van der Waals surface area contributed by atoms with E-state index in [9.17, 15) is 40.0 Å². The maximum Gasteiger partial charge on any atom is 0.534 e. The summed E-state index contributed by atoms with van der Waals surface area (Å²) < 4.78 is 112. The van der Waals surface area contributed by atoms with E-state index in [0.717, 1.165) is 13.2 Å². The molecule has 0 saturated carbocycles. The largest absolute Gasteiger partial charge is 0.534 e. The monoisotopic (exact) mass is 855 g/mol. The van der Waals surface area contributed by atoms with Gasteiger partial charge in [-0.25, -0.2) is 38.3 Å². The molecular weight excluding hydrogens is 830 g/mol. The molecule has 0 aliphatic heterocycles. The normalized spacial score (nSPS) is 11.4. The van der Waals surface area contributed by atoms with E-state index in [-0.39, 0.29) is 44.8 Å². The number of hydrogen-bond acceptors (Lipinski definition) is 15. The van der Waals surface area contributed by atoms with Crippen LogP contribution in [0.3, 0.4) is 0 Å². The van der Waals surface area contributed by atoms with Crippen LogP contribution in [0.2, 0.25) is 0 Å². The number of methoxy groups -OCH3 is 4. The second-order valence-electron chi connectivity index (χ2n) is 11.7. The first-order valence-electron chi connectivity index (χ1n) is 16.4. The Bertz CT molecular complexity index is 2840. The molecule has 0 spiro atoms. The number of carbonyl (C=O) groups excluding carboxylic acids is 2. The Morgan fingerprint density at radius 2 is 1.20 bits per heavy atom. The Hall–Kier alpha value is -6.87. The SMILES string of the molecule is COC(=O)c1c(OC)c(-c2cccc(F)c2)cc2nc(-c3nccs3)cnc12.COC(=O)c1c(OC)c(-c2cccc(F)c2)cc2nc(OS(=O)(=O)C(F)(F)F)cnc12. The number of esters is 2. The summed E-state index contributed by atoms with van der Waals surface area (Å²) in [5.74, 6) is -3.35. The highest BCUT2D eigenvalue weighted by molar-refractivity contribution is 7.87. The summed E-state index contributed by atoms with van der Waals surface area (Å²) >= 11 is 1.43. The predicted molar refractivity (Wildman–Crippen MR) is 202 cm³/mol. The number of fused-ring (bicyclic) bond motifs is 2. The van der Waals surface area contributed by atoms with E-state index in [2.05, 4.69) is 29.1 Å². The molecule has 3 aromatic heterocycles. The van der Waals surface area contributed by atoms with Gasteiger partial charge in [0.25, 0.3) is 5.88 Å². The summed E-state index contributed by atoms with van der Waals surface area (Å²) in [6, 6.07) is 14.1. The maximum atomic E-state index is 13.8. The van der Waals surface area contributed by atoms with Crippen molar-refractivity contribution in [2.24, 2.45) is 0 Å². The van der Waals surface area contributed by atoms with Crippen LogP contribution in [-0.4, -0.2) is 79.2 Å². The van der Waals surface area contributed by atoms with Gasteiger partial charge in [-0.15, -0.1) is 11.3 Å². The van der Waals surface area contributed by atoms with Crippen molar-refractivity contribution in [3.63, 3.8) is 0 Å². The summed E-state index contributed by atoms with van der Waals surface area (Å²) in [4.78, 5) is 45.7. The minimum atomic E-state index is -6.00. The van der Waals surface area contributed by atoms with E-state index in [0.29, 0.717) is 39.1 Å². The van der Waals surface area contributed by atoms with E-state index in [1.54, 1.807) is 30.6 Å². The zero-order valence-electron chi connectivity index (χ0n) is 30.7.